The number of aromatic hydroxyl groups is 1. The summed E-state index contributed by atoms with van der Waals surface area (Å²) in [6, 6.07) is 7.81. The average molecular weight is 441 g/mol. The highest BCUT2D eigenvalue weighted by Crippen LogP contribution is 2.38. The fraction of sp³-hybridized carbons (Fsp3) is 0.435. The van der Waals surface area contributed by atoms with Crippen LogP contribution >= 0.6 is 11.3 Å². The Labute approximate surface area is 186 Å². The number of ether oxygens (including phenoxy) is 1. The molecule has 4 rings (SSSR count). The van der Waals surface area contributed by atoms with Crippen molar-refractivity contribution in [1.29, 1.82) is 0 Å². The first-order valence-electron chi connectivity index (χ1n) is 10.5. The summed E-state index contributed by atoms with van der Waals surface area (Å²) in [7, 11) is 0. The van der Waals surface area contributed by atoms with Crippen molar-refractivity contribution in [3.05, 3.63) is 35.2 Å². The smallest absolute Gasteiger partial charge is 0.410 e. The molecule has 1 aliphatic heterocycles. The molecular weight excluding hydrogens is 412 g/mol. The molecular formula is C23H28N4O3S. The van der Waals surface area contributed by atoms with Gasteiger partial charge in [-0.1, -0.05) is 0 Å². The number of nitrogens with zero attached hydrogens (tertiary/aromatic N) is 3. The van der Waals surface area contributed by atoms with E-state index in [0.717, 1.165) is 28.5 Å². The highest BCUT2D eigenvalue weighted by atomic mass is 32.1. The number of likely N-dealkylation sites (tertiary alicyclic amines) is 1. The zero-order valence-electron chi connectivity index (χ0n) is 18.3. The second-order valence-corrected chi connectivity index (χ2v) is 9.91. The lowest BCUT2D eigenvalue weighted by molar-refractivity contribution is 0.0206. The van der Waals surface area contributed by atoms with Crippen LogP contribution < -0.4 is 5.32 Å². The molecule has 0 bridgehead atoms. The van der Waals surface area contributed by atoms with E-state index >= 15 is 0 Å². The van der Waals surface area contributed by atoms with Crippen LogP contribution in [0.3, 0.4) is 0 Å². The Balaban J connectivity index is 1.48. The van der Waals surface area contributed by atoms with E-state index in [1.807, 2.05) is 57.3 Å². The van der Waals surface area contributed by atoms with Gasteiger partial charge in [-0.3, -0.25) is 0 Å². The lowest BCUT2D eigenvalue weighted by Gasteiger charge is -2.34. The van der Waals surface area contributed by atoms with Gasteiger partial charge in [0.05, 0.1) is 5.69 Å². The highest BCUT2D eigenvalue weighted by molar-refractivity contribution is 7.17. The highest BCUT2D eigenvalue weighted by Gasteiger charge is 2.28. The molecule has 164 valence electrons. The molecule has 31 heavy (non-hydrogen) atoms. The third kappa shape index (κ3) is 4.74. The number of fused-ring (bicyclic) bond motifs is 1. The first-order valence-corrected chi connectivity index (χ1v) is 11.4. The van der Waals surface area contributed by atoms with Gasteiger partial charge in [-0.05, 0) is 75.7 Å². The van der Waals surface area contributed by atoms with Crippen molar-refractivity contribution in [3.63, 3.8) is 0 Å². The SMILES string of the molecule is Cc1cc(N[C@@H]2CCCN(C(=O)OC(C)(C)C)C2)nnc1-c1ccc2sccc2c1O. The minimum Gasteiger partial charge on any atom is -0.507 e. The normalized spacial score (nSPS) is 17.0. The number of piperidine rings is 1. The van der Waals surface area contributed by atoms with Gasteiger partial charge in [-0.15, -0.1) is 21.5 Å². The Bertz CT molecular complexity index is 1110. The number of hydrogen-bond donors (Lipinski definition) is 2. The van der Waals surface area contributed by atoms with Gasteiger partial charge in [0.2, 0.25) is 0 Å². The number of carbonyl (C=O) groups is 1. The molecule has 0 aliphatic carbocycles. The number of hydrogen-bond acceptors (Lipinski definition) is 7. The Morgan fingerprint density at radius 3 is 2.84 bits per heavy atom. The molecule has 0 radical (unpaired) electrons. The fourth-order valence-electron chi connectivity index (χ4n) is 3.84. The summed E-state index contributed by atoms with van der Waals surface area (Å²) in [5.41, 5.74) is 1.75. The maximum atomic E-state index is 12.4. The topological polar surface area (TPSA) is 87.6 Å². The second kappa shape index (κ2) is 8.34. The van der Waals surface area contributed by atoms with E-state index in [1.165, 1.54) is 0 Å². The predicted molar refractivity (Wildman–Crippen MR) is 124 cm³/mol. The molecule has 2 N–H and O–H groups in total. The molecule has 1 aliphatic rings. The van der Waals surface area contributed by atoms with E-state index in [4.69, 9.17) is 4.74 Å². The van der Waals surface area contributed by atoms with Gasteiger partial charge in [0.15, 0.2) is 0 Å². The number of nitrogens with one attached hydrogen (secondary N) is 1. The van der Waals surface area contributed by atoms with Gasteiger partial charge in [-0.2, -0.15) is 0 Å². The lowest BCUT2D eigenvalue weighted by atomic mass is 10.0. The minimum atomic E-state index is -0.506. The molecule has 0 saturated carbocycles. The number of thiophene rings is 1. The Morgan fingerprint density at radius 2 is 2.10 bits per heavy atom. The van der Waals surface area contributed by atoms with Gasteiger partial charge < -0.3 is 20.1 Å². The first-order chi connectivity index (χ1) is 14.7. The van der Waals surface area contributed by atoms with E-state index in [2.05, 4.69) is 15.5 Å². The summed E-state index contributed by atoms with van der Waals surface area (Å²) in [6.07, 6.45) is 1.56. The molecule has 3 aromatic rings. The largest absolute Gasteiger partial charge is 0.507 e. The predicted octanol–water partition coefficient (Wildman–Crippen LogP) is 5.18. The quantitative estimate of drug-likeness (QED) is 0.583. The molecule has 1 atom stereocenters. The fourth-order valence-corrected chi connectivity index (χ4v) is 4.63. The number of amides is 1. The van der Waals surface area contributed by atoms with E-state index in [1.54, 1.807) is 16.2 Å². The first kappa shape index (κ1) is 21.4. The molecule has 8 heteroatoms. The number of aryl methyl sites for hydroxylation is 1. The van der Waals surface area contributed by atoms with Gasteiger partial charge in [0.25, 0.3) is 0 Å². The Morgan fingerprint density at radius 1 is 1.29 bits per heavy atom. The van der Waals surface area contributed by atoms with E-state index in [-0.39, 0.29) is 17.9 Å². The van der Waals surface area contributed by atoms with Crippen molar-refractivity contribution in [1.82, 2.24) is 15.1 Å². The molecule has 2 aromatic heterocycles. The lowest BCUT2D eigenvalue weighted by Crippen LogP contribution is -2.47. The van der Waals surface area contributed by atoms with Crippen molar-refractivity contribution in [2.75, 3.05) is 18.4 Å². The summed E-state index contributed by atoms with van der Waals surface area (Å²) in [6.45, 7) is 8.84. The molecule has 0 spiro atoms. The molecule has 3 heterocycles. The number of benzene rings is 1. The molecule has 7 nitrogen and oxygen atoms in total. The Kier molecular flexibility index (Phi) is 5.75. The van der Waals surface area contributed by atoms with Gasteiger partial charge >= 0.3 is 6.09 Å². The summed E-state index contributed by atoms with van der Waals surface area (Å²) in [4.78, 5) is 14.1. The maximum absolute atomic E-state index is 12.4. The van der Waals surface area contributed by atoms with Gasteiger partial charge in [-0.25, -0.2) is 4.79 Å². The summed E-state index contributed by atoms with van der Waals surface area (Å²) < 4.78 is 6.54. The van der Waals surface area contributed by atoms with E-state index < -0.39 is 5.60 Å². The molecule has 1 saturated heterocycles. The summed E-state index contributed by atoms with van der Waals surface area (Å²) in [5.74, 6) is 0.894. The third-order valence-corrected chi connectivity index (χ3v) is 6.15. The van der Waals surface area contributed by atoms with Crippen molar-refractivity contribution in [2.45, 2.75) is 52.2 Å². The number of carbonyl (C=O) groups excluding carboxylic acids is 1. The van der Waals surface area contributed by atoms with Crippen LogP contribution in [0.2, 0.25) is 0 Å². The molecule has 1 amide bonds. The van der Waals surface area contributed by atoms with Crippen LogP contribution in [0, 0.1) is 6.92 Å². The summed E-state index contributed by atoms with van der Waals surface area (Å²) >= 11 is 1.59. The van der Waals surface area contributed by atoms with Crippen molar-refractivity contribution >= 4 is 33.3 Å². The van der Waals surface area contributed by atoms with Crippen LogP contribution in [0.4, 0.5) is 10.6 Å². The van der Waals surface area contributed by atoms with Crippen LogP contribution in [0.5, 0.6) is 5.75 Å². The number of anilines is 1. The van der Waals surface area contributed by atoms with Crippen LogP contribution in [0.1, 0.15) is 39.2 Å². The minimum absolute atomic E-state index is 0.0800. The van der Waals surface area contributed by atoms with Crippen LogP contribution in [0.15, 0.2) is 29.6 Å². The third-order valence-electron chi connectivity index (χ3n) is 5.27. The number of phenolic OH excluding ortho intramolecular Hbond substituents is 1. The van der Waals surface area contributed by atoms with Crippen LogP contribution in [-0.2, 0) is 4.74 Å². The van der Waals surface area contributed by atoms with E-state index in [9.17, 15) is 9.90 Å². The zero-order valence-corrected chi connectivity index (χ0v) is 19.1. The zero-order chi connectivity index (χ0) is 22.2. The van der Waals surface area contributed by atoms with Crippen molar-refractivity contribution in [2.24, 2.45) is 0 Å². The maximum Gasteiger partial charge on any atom is 0.410 e. The van der Waals surface area contributed by atoms with E-state index in [0.29, 0.717) is 30.2 Å². The number of rotatable bonds is 3. The van der Waals surface area contributed by atoms with Gasteiger partial charge in [0.1, 0.15) is 17.2 Å². The van der Waals surface area contributed by atoms with Gasteiger partial charge in [0, 0.05) is 34.8 Å². The summed E-state index contributed by atoms with van der Waals surface area (Å²) in [5, 5.41) is 25.6. The standard InChI is InChI=1S/C23H28N4O3S/c1-14-12-19(24-15-6-5-10-27(13-15)22(29)30-23(2,3)4)25-26-20(14)17-7-8-18-16(21(17)28)9-11-31-18/h7-9,11-12,15,28H,5-6,10,13H2,1-4H3,(H,24,25)/t15-/m1/s1. The monoisotopic (exact) mass is 440 g/mol. The van der Waals surface area contributed by atoms with Crippen LogP contribution in [0.25, 0.3) is 21.3 Å². The molecule has 0 unspecified atom stereocenters. The second-order valence-electron chi connectivity index (χ2n) is 8.97. The molecule has 1 fully saturated rings. The van der Waals surface area contributed by atoms with Crippen molar-refractivity contribution < 1.29 is 14.6 Å². The average Bonchev–Trinajstić information content (AvgIpc) is 3.18. The number of aromatic nitrogens is 2. The Hall–Kier alpha value is -2.87. The van der Waals surface area contributed by atoms with Crippen LogP contribution in [-0.4, -0.2) is 51.0 Å². The van der Waals surface area contributed by atoms with Crippen molar-refractivity contribution in [3.8, 4) is 17.0 Å². The molecule has 1 aromatic carbocycles. The number of phenols is 1.